The second kappa shape index (κ2) is 3.01. The van der Waals surface area contributed by atoms with Crippen molar-refractivity contribution in [1.82, 2.24) is 0 Å². The lowest BCUT2D eigenvalue weighted by atomic mass is 10.3. The normalized spacial score (nSPS) is 15.4. The average Bonchev–Trinajstić information content (AvgIpc) is 2.30. The molecule has 1 N–H and O–H groups in total. The van der Waals surface area contributed by atoms with Crippen LogP contribution in [0.15, 0.2) is 18.2 Å². The number of hydrogen-bond acceptors (Lipinski definition) is 2. The Labute approximate surface area is 70.3 Å². The van der Waals surface area contributed by atoms with Crippen LogP contribution in [-0.2, 0) is 0 Å². The van der Waals surface area contributed by atoms with Crippen molar-refractivity contribution in [2.24, 2.45) is 0 Å². The van der Waals surface area contributed by atoms with Gasteiger partial charge in [-0.1, -0.05) is 6.07 Å². The molecule has 1 aromatic carbocycles. The molecule has 1 heterocycles. The second-order valence-corrected chi connectivity index (χ2v) is 2.75. The summed E-state index contributed by atoms with van der Waals surface area (Å²) in [4.78, 5) is 0. The van der Waals surface area contributed by atoms with E-state index in [0.717, 1.165) is 18.7 Å². The molecule has 64 valence electrons. The summed E-state index contributed by atoms with van der Waals surface area (Å²) in [5.41, 5.74) is 0.757. The van der Waals surface area contributed by atoms with E-state index >= 15 is 0 Å². The van der Waals surface area contributed by atoms with E-state index < -0.39 is 0 Å². The number of para-hydroxylation sites is 1. The SMILES string of the molecule is Fc1cccc2c1OCCCN2. The van der Waals surface area contributed by atoms with Gasteiger partial charge in [0.05, 0.1) is 12.3 Å². The molecule has 0 fully saturated rings. The number of hydrogen-bond donors (Lipinski definition) is 1. The van der Waals surface area contributed by atoms with E-state index in [-0.39, 0.29) is 5.82 Å². The summed E-state index contributed by atoms with van der Waals surface area (Å²) < 4.78 is 18.3. The topological polar surface area (TPSA) is 21.3 Å². The van der Waals surface area contributed by atoms with Gasteiger partial charge in [-0.25, -0.2) is 4.39 Å². The highest BCUT2D eigenvalue weighted by Crippen LogP contribution is 2.29. The van der Waals surface area contributed by atoms with Crippen LogP contribution in [0, 0.1) is 5.82 Å². The van der Waals surface area contributed by atoms with Crippen LogP contribution in [0.5, 0.6) is 5.75 Å². The molecule has 0 aromatic heterocycles. The van der Waals surface area contributed by atoms with Crippen molar-refractivity contribution in [3.8, 4) is 5.75 Å². The minimum atomic E-state index is -0.290. The lowest BCUT2D eigenvalue weighted by molar-refractivity contribution is 0.307. The maximum Gasteiger partial charge on any atom is 0.177 e. The molecule has 2 nitrogen and oxygen atoms in total. The molecular weight excluding hydrogens is 157 g/mol. The predicted octanol–water partition coefficient (Wildman–Crippen LogP) is 2.02. The fourth-order valence-electron chi connectivity index (χ4n) is 1.26. The first kappa shape index (κ1) is 7.40. The van der Waals surface area contributed by atoms with Gasteiger partial charge < -0.3 is 10.1 Å². The summed E-state index contributed by atoms with van der Waals surface area (Å²) in [6.07, 6.45) is 0.911. The third-order valence-electron chi connectivity index (χ3n) is 1.85. The zero-order valence-electron chi connectivity index (χ0n) is 6.64. The molecule has 0 atom stereocenters. The Hall–Kier alpha value is -1.25. The minimum absolute atomic E-state index is 0.290. The van der Waals surface area contributed by atoms with Crippen LogP contribution in [0.4, 0.5) is 10.1 Å². The van der Waals surface area contributed by atoms with Gasteiger partial charge >= 0.3 is 0 Å². The van der Waals surface area contributed by atoms with Crippen molar-refractivity contribution in [3.63, 3.8) is 0 Å². The number of ether oxygens (including phenoxy) is 1. The van der Waals surface area contributed by atoms with E-state index in [4.69, 9.17) is 4.74 Å². The molecule has 12 heavy (non-hydrogen) atoms. The van der Waals surface area contributed by atoms with Crippen molar-refractivity contribution >= 4 is 5.69 Å². The molecule has 0 bridgehead atoms. The molecule has 3 heteroatoms. The summed E-state index contributed by atoms with van der Waals surface area (Å²) in [6.45, 7) is 1.43. The number of halogens is 1. The molecule has 0 spiro atoms. The smallest absolute Gasteiger partial charge is 0.177 e. The van der Waals surface area contributed by atoms with Gasteiger partial charge in [-0.15, -0.1) is 0 Å². The highest BCUT2D eigenvalue weighted by molar-refractivity contribution is 5.57. The van der Waals surface area contributed by atoms with Gasteiger partial charge in [-0.3, -0.25) is 0 Å². The molecule has 1 aliphatic rings. The molecule has 1 aliphatic heterocycles. The zero-order chi connectivity index (χ0) is 8.39. The molecule has 0 radical (unpaired) electrons. The van der Waals surface area contributed by atoms with Gasteiger partial charge in [0.1, 0.15) is 0 Å². The average molecular weight is 167 g/mol. The highest BCUT2D eigenvalue weighted by atomic mass is 19.1. The highest BCUT2D eigenvalue weighted by Gasteiger charge is 2.11. The third kappa shape index (κ3) is 1.22. The second-order valence-electron chi connectivity index (χ2n) is 2.75. The van der Waals surface area contributed by atoms with Gasteiger partial charge in [-0.2, -0.15) is 0 Å². The molecular formula is C9H10FNO. The lowest BCUT2D eigenvalue weighted by Gasteiger charge is -2.07. The number of fused-ring (bicyclic) bond motifs is 1. The van der Waals surface area contributed by atoms with Crippen molar-refractivity contribution in [2.75, 3.05) is 18.5 Å². The van der Waals surface area contributed by atoms with Gasteiger partial charge in [-0.05, 0) is 18.6 Å². The van der Waals surface area contributed by atoms with E-state index in [2.05, 4.69) is 5.32 Å². The molecule has 0 saturated carbocycles. The molecule has 1 aromatic rings. The van der Waals surface area contributed by atoms with Gasteiger partial charge in [0, 0.05) is 6.54 Å². The Morgan fingerprint density at radius 2 is 2.33 bits per heavy atom. The summed E-state index contributed by atoms with van der Waals surface area (Å²) in [5.74, 6) is 0.0666. The molecule has 0 unspecified atom stereocenters. The third-order valence-corrected chi connectivity index (χ3v) is 1.85. The summed E-state index contributed by atoms with van der Waals surface area (Å²) >= 11 is 0. The van der Waals surface area contributed by atoms with Gasteiger partial charge in [0.2, 0.25) is 0 Å². The predicted molar refractivity (Wildman–Crippen MR) is 45.0 cm³/mol. The first-order valence-corrected chi connectivity index (χ1v) is 4.03. The molecule has 0 saturated heterocycles. The molecule has 0 aliphatic carbocycles. The maximum absolute atomic E-state index is 13.1. The number of rotatable bonds is 0. The number of anilines is 1. The van der Waals surface area contributed by atoms with Crippen molar-refractivity contribution in [2.45, 2.75) is 6.42 Å². The first-order valence-electron chi connectivity index (χ1n) is 4.03. The summed E-state index contributed by atoms with van der Waals surface area (Å²) in [6, 6.07) is 4.91. The number of nitrogens with one attached hydrogen (secondary N) is 1. The zero-order valence-corrected chi connectivity index (χ0v) is 6.64. The first-order chi connectivity index (χ1) is 5.88. The quantitative estimate of drug-likeness (QED) is 0.638. The van der Waals surface area contributed by atoms with Crippen molar-refractivity contribution in [1.29, 1.82) is 0 Å². The Kier molecular flexibility index (Phi) is 1.86. The maximum atomic E-state index is 13.1. The minimum Gasteiger partial charge on any atom is -0.488 e. The van der Waals surface area contributed by atoms with Crippen LogP contribution in [0.1, 0.15) is 6.42 Å². The van der Waals surface area contributed by atoms with Crippen LogP contribution >= 0.6 is 0 Å². The van der Waals surface area contributed by atoms with Crippen LogP contribution in [0.2, 0.25) is 0 Å². The Balaban J connectivity index is 2.42. The van der Waals surface area contributed by atoms with Crippen LogP contribution in [-0.4, -0.2) is 13.2 Å². The van der Waals surface area contributed by atoms with Crippen molar-refractivity contribution < 1.29 is 9.13 Å². The standard InChI is InChI=1S/C9H10FNO/c10-7-3-1-4-8-9(7)12-6-2-5-11-8/h1,3-4,11H,2,5-6H2. The van der Waals surface area contributed by atoms with Crippen LogP contribution < -0.4 is 10.1 Å². The number of benzene rings is 1. The lowest BCUT2D eigenvalue weighted by Crippen LogP contribution is -1.99. The van der Waals surface area contributed by atoms with Crippen molar-refractivity contribution in [3.05, 3.63) is 24.0 Å². The van der Waals surface area contributed by atoms with Gasteiger partial charge in [0.25, 0.3) is 0 Å². The van der Waals surface area contributed by atoms with Crippen LogP contribution in [0.25, 0.3) is 0 Å². The molecule has 0 amide bonds. The largest absolute Gasteiger partial charge is 0.488 e. The van der Waals surface area contributed by atoms with E-state index in [0.29, 0.717) is 12.4 Å². The fraction of sp³-hybridized carbons (Fsp3) is 0.333. The fourth-order valence-corrected chi connectivity index (χ4v) is 1.26. The monoisotopic (exact) mass is 167 g/mol. The molecule has 2 rings (SSSR count). The van der Waals surface area contributed by atoms with E-state index in [1.165, 1.54) is 6.07 Å². The summed E-state index contributed by atoms with van der Waals surface area (Å²) in [7, 11) is 0. The van der Waals surface area contributed by atoms with Crippen LogP contribution in [0.3, 0.4) is 0 Å². The van der Waals surface area contributed by atoms with Gasteiger partial charge in [0.15, 0.2) is 11.6 Å². The van der Waals surface area contributed by atoms with E-state index in [9.17, 15) is 4.39 Å². The Bertz CT molecular complexity index is 288. The Morgan fingerprint density at radius 1 is 1.42 bits per heavy atom. The summed E-state index contributed by atoms with van der Waals surface area (Å²) in [5, 5.41) is 3.10. The Morgan fingerprint density at radius 3 is 3.25 bits per heavy atom. The van der Waals surface area contributed by atoms with E-state index in [1.54, 1.807) is 6.07 Å². The van der Waals surface area contributed by atoms with E-state index in [1.807, 2.05) is 6.07 Å².